The van der Waals surface area contributed by atoms with Gasteiger partial charge in [0.1, 0.15) is 0 Å². The normalized spacial score (nSPS) is 19.6. The molecule has 1 aliphatic rings. The summed E-state index contributed by atoms with van der Waals surface area (Å²) in [4.78, 5) is 4.90. The van der Waals surface area contributed by atoms with Crippen molar-refractivity contribution in [3.8, 4) is 0 Å². The molecule has 0 aromatic rings. The van der Waals surface area contributed by atoms with Crippen LogP contribution in [0.4, 0.5) is 0 Å². The molecule has 0 bridgehead atoms. The van der Waals surface area contributed by atoms with E-state index in [1.165, 1.54) is 0 Å². The fourth-order valence-electron chi connectivity index (χ4n) is 1.80. The lowest BCUT2D eigenvalue weighted by molar-refractivity contribution is 0.134. The van der Waals surface area contributed by atoms with Gasteiger partial charge in [-0.2, -0.15) is 0 Å². The summed E-state index contributed by atoms with van der Waals surface area (Å²) in [6.45, 7) is 9.16. The standard InChI is InChI=1S/C9H24N6/c10-9-12-1-3-14-5-7-15(8-6-14)4-2-13-11/h12-13H,1-11H2. The first-order chi connectivity index (χ1) is 7.36. The van der Waals surface area contributed by atoms with Gasteiger partial charge in [0.25, 0.3) is 0 Å². The Morgan fingerprint density at radius 3 is 1.93 bits per heavy atom. The van der Waals surface area contributed by atoms with Crippen LogP contribution < -0.4 is 22.3 Å². The van der Waals surface area contributed by atoms with Crippen molar-refractivity contribution in [3.63, 3.8) is 0 Å². The summed E-state index contributed by atoms with van der Waals surface area (Å²) in [5, 5.41) is 3.14. The van der Waals surface area contributed by atoms with E-state index in [1.807, 2.05) is 0 Å². The van der Waals surface area contributed by atoms with Crippen LogP contribution in [0.25, 0.3) is 0 Å². The highest BCUT2D eigenvalue weighted by atomic mass is 15.3. The highest BCUT2D eigenvalue weighted by molar-refractivity contribution is 4.72. The van der Waals surface area contributed by atoms with Crippen molar-refractivity contribution in [2.24, 2.45) is 11.6 Å². The Morgan fingerprint density at radius 2 is 1.47 bits per heavy atom. The van der Waals surface area contributed by atoms with Gasteiger partial charge in [0.15, 0.2) is 0 Å². The molecule has 1 rings (SSSR count). The minimum atomic E-state index is 0.572. The fourth-order valence-corrected chi connectivity index (χ4v) is 1.80. The van der Waals surface area contributed by atoms with Crippen LogP contribution in [-0.2, 0) is 0 Å². The largest absolute Gasteiger partial charge is 0.318 e. The Balaban J connectivity index is 2.02. The molecule has 0 spiro atoms. The van der Waals surface area contributed by atoms with Crippen molar-refractivity contribution in [2.75, 3.05) is 59.0 Å². The number of hydrogen-bond donors (Lipinski definition) is 4. The van der Waals surface area contributed by atoms with Crippen LogP contribution in [-0.4, -0.2) is 68.8 Å². The molecule has 1 heterocycles. The zero-order chi connectivity index (χ0) is 10.9. The molecule has 15 heavy (non-hydrogen) atoms. The molecule has 6 nitrogen and oxygen atoms in total. The first-order valence-electron chi connectivity index (χ1n) is 5.65. The summed E-state index contributed by atoms with van der Waals surface area (Å²) in [5.74, 6) is 5.25. The summed E-state index contributed by atoms with van der Waals surface area (Å²) in [7, 11) is 0. The predicted octanol–water partition coefficient (Wildman–Crippen LogP) is -2.43. The first kappa shape index (κ1) is 12.8. The van der Waals surface area contributed by atoms with Crippen LogP contribution >= 0.6 is 0 Å². The van der Waals surface area contributed by atoms with E-state index in [0.29, 0.717) is 6.67 Å². The third kappa shape index (κ3) is 5.41. The smallest absolute Gasteiger partial charge is 0.0429 e. The highest BCUT2D eigenvalue weighted by Gasteiger charge is 2.15. The second kappa shape index (κ2) is 7.98. The number of rotatable bonds is 7. The molecule has 0 atom stereocenters. The van der Waals surface area contributed by atoms with Crippen molar-refractivity contribution < 1.29 is 0 Å². The molecule has 0 aromatic carbocycles. The van der Waals surface area contributed by atoms with Crippen LogP contribution in [0.3, 0.4) is 0 Å². The first-order valence-corrected chi connectivity index (χ1v) is 5.65. The van der Waals surface area contributed by atoms with E-state index in [2.05, 4.69) is 20.5 Å². The quantitative estimate of drug-likeness (QED) is 0.164. The third-order valence-corrected chi connectivity index (χ3v) is 2.79. The van der Waals surface area contributed by atoms with Crippen molar-refractivity contribution >= 4 is 0 Å². The minimum Gasteiger partial charge on any atom is -0.318 e. The van der Waals surface area contributed by atoms with Crippen molar-refractivity contribution in [1.82, 2.24) is 20.5 Å². The number of nitrogens with zero attached hydrogens (tertiary/aromatic N) is 2. The molecule has 0 aliphatic carbocycles. The number of piperazine rings is 1. The molecule has 0 saturated carbocycles. The third-order valence-electron chi connectivity index (χ3n) is 2.79. The number of hydrazine groups is 1. The molecule has 0 amide bonds. The minimum absolute atomic E-state index is 0.572. The molecule has 90 valence electrons. The number of hydrogen-bond acceptors (Lipinski definition) is 6. The molecule has 6 N–H and O–H groups in total. The van der Waals surface area contributed by atoms with Crippen LogP contribution in [0.5, 0.6) is 0 Å². The molecular weight excluding hydrogens is 192 g/mol. The van der Waals surface area contributed by atoms with Gasteiger partial charge >= 0.3 is 0 Å². The van der Waals surface area contributed by atoms with E-state index in [9.17, 15) is 0 Å². The lowest BCUT2D eigenvalue weighted by Crippen LogP contribution is -2.50. The van der Waals surface area contributed by atoms with Crippen molar-refractivity contribution in [1.29, 1.82) is 0 Å². The van der Waals surface area contributed by atoms with Crippen LogP contribution in [0, 0.1) is 0 Å². The molecule has 0 unspecified atom stereocenters. The lowest BCUT2D eigenvalue weighted by atomic mass is 10.3. The Hall–Kier alpha value is -0.240. The highest BCUT2D eigenvalue weighted by Crippen LogP contribution is 1.99. The van der Waals surface area contributed by atoms with Gasteiger partial charge in [0, 0.05) is 59.0 Å². The zero-order valence-corrected chi connectivity index (χ0v) is 9.41. The van der Waals surface area contributed by atoms with E-state index in [4.69, 9.17) is 11.6 Å². The van der Waals surface area contributed by atoms with E-state index in [1.54, 1.807) is 0 Å². The summed E-state index contributed by atoms with van der Waals surface area (Å²) < 4.78 is 0. The maximum absolute atomic E-state index is 5.36. The fraction of sp³-hybridized carbons (Fsp3) is 1.00. The van der Waals surface area contributed by atoms with E-state index in [-0.39, 0.29) is 0 Å². The number of nitrogens with two attached hydrogens (primary N) is 2. The summed E-state index contributed by atoms with van der Waals surface area (Å²) in [5.41, 5.74) is 8.05. The SMILES string of the molecule is NCNCCN1CCN(CCNN)CC1. The Kier molecular flexibility index (Phi) is 6.82. The molecule has 0 radical (unpaired) electrons. The average Bonchev–Trinajstić information content (AvgIpc) is 2.28. The second-order valence-corrected chi connectivity index (χ2v) is 3.84. The zero-order valence-electron chi connectivity index (χ0n) is 9.41. The maximum atomic E-state index is 5.36. The summed E-state index contributed by atoms with van der Waals surface area (Å²) >= 11 is 0. The monoisotopic (exact) mass is 216 g/mol. The maximum Gasteiger partial charge on any atom is 0.0429 e. The van der Waals surface area contributed by atoms with Crippen LogP contribution in [0.2, 0.25) is 0 Å². The van der Waals surface area contributed by atoms with E-state index < -0.39 is 0 Å². The van der Waals surface area contributed by atoms with Crippen molar-refractivity contribution in [2.45, 2.75) is 0 Å². The topological polar surface area (TPSA) is 82.6 Å². The molecule has 1 aliphatic heterocycles. The van der Waals surface area contributed by atoms with Gasteiger partial charge in [-0.25, -0.2) is 0 Å². The Morgan fingerprint density at radius 1 is 0.933 bits per heavy atom. The summed E-state index contributed by atoms with van der Waals surface area (Å²) in [6, 6.07) is 0. The van der Waals surface area contributed by atoms with Gasteiger partial charge in [-0.3, -0.25) is 21.1 Å². The second-order valence-electron chi connectivity index (χ2n) is 3.84. The van der Waals surface area contributed by atoms with Crippen LogP contribution in [0.15, 0.2) is 0 Å². The van der Waals surface area contributed by atoms with Crippen LogP contribution in [0.1, 0.15) is 0 Å². The van der Waals surface area contributed by atoms with E-state index >= 15 is 0 Å². The van der Waals surface area contributed by atoms with Crippen molar-refractivity contribution in [3.05, 3.63) is 0 Å². The molecule has 6 heteroatoms. The molecule has 0 aromatic heterocycles. The van der Waals surface area contributed by atoms with Gasteiger partial charge in [0.2, 0.25) is 0 Å². The Bertz CT molecular complexity index is 146. The molecular formula is C9H24N6. The van der Waals surface area contributed by atoms with E-state index in [0.717, 1.165) is 52.4 Å². The Labute approximate surface area is 91.9 Å². The van der Waals surface area contributed by atoms with Gasteiger partial charge in [-0.15, -0.1) is 0 Å². The van der Waals surface area contributed by atoms with Gasteiger partial charge in [-0.05, 0) is 0 Å². The lowest BCUT2D eigenvalue weighted by Gasteiger charge is -2.34. The average molecular weight is 216 g/mol. The van der Waals surface area contributed by atoms with Gasteiger partial charge < -0.3 is 11.1 Å². The predicted molar refractivity (Wildman–Crippen MR) is 62.1 cm³/mol. The number of nitrogens with one attached hydrogen (secondary N) is 2. The molecule has 1 fully saturated rings. The molecule has 1 saturated heterocycles. The van der Waals surface area contributed by atoms with Gasteiger partial charge in [0.05, 0.1) is 0 Å². The van der Waals surface area contributed by atoms with Gasteiger partial charge in [-0.1, -0.05) is 0 Å². The summed E-state index contributed by atoms with van der Waals surface area (Å²) in [6.07, 6.45) is 0.